The van der Waals surface area contributed by atoms with Crippen LogP contribution in [0.4, 0.5) is 4.79 Å². The standard InChI is InChI=1S/C20H24N2O6/c1-3-27-15-8-6-14(7-9-15)17(24)13(2)28-16(23)12-22-18(25)20(21-19(22)26)10-4-5-11-20/h6-9,13H,3-5,10-12H2,1-2H3,(H,21,26)/t13-/m1/s1. The molecule has 1 heterocycles. The highest BCUT2D eigenvalue weighted by Gasteiger charge is 2.52. The van der Waals surface area contributed by atoms with E-state index in [9.17, 15) is 19.2 Å². The van der Waals surface area contributed by atoms with Crippen LogP contribution in [0, 0.1) is 0 Å². The van der Waals surface area contributed by atoms with Crippen molar-refractivity contribution in [3.05, 3.63) is 29.8 Å². The van der Waals surface area contributed by atoms with E-state index in [4.69, 9.17) is 9.47 Å². The lowest BCUT2D eigenvalue weighted by Gasteiger charge is -2.20. The van der Waals surface area contributed by atoms with Crippen LogP contribution < -0.4 is 10.1 Å². The van der Waals surface area contributed by atoms with Crippen LogP contribution in [0.5, 0.6) is 5.75 Å². The minimum atomic E-state index is -1.04. The Balaban J connectivity index is 1.57. The Morgan fingerprint density at radius 1 is 1.18 bits per heavy atom. The van der Waals surface area contributed by atoms with Gasteiger partial charge in [0.25, 0.3) is 5.91 Å². The molecule has 0 aromatic heterocycles. The van der Waals surface area contributed by atoms with Crippen molar-refractivity contribution in [3.63, 3.8) is 0 Å². The maximum atomic E-state index is 12.6. The number of Topliss-reactive ketones (excluding diaryl/α,β-unsaturated/α-hetero) is 1. The molecule has 0 bridgehead atoms. The molecule has 2 fully saturated rings. The number of amides is 3. The monoisotopic (exact) mass is 388 g/mol. The molecule has 2 aliphatic rings. The summed E-state index contributed by atoms with van der Waals surface area (Å²) >= 11 is 0. The molecule has 0 unspecified atom stereocenters. The van der Waals surface area contributed by atoms with Crippen LogP contribution in [0.25, 0.3) is 0 Å². The molecule has 1 atom stereocenters. The second-order valence-electron chi connectivity index (χ2n) is 7.06. The summed E-state index contributed by atoms with van der Waals surface area (Å²) in [5, 5.41) is 2.70. The van der Waals surface area contributed by atoms with Crippen molar-refractivity contribution in [2.45, 2.75) is 51.2 Å². The highest BCUT2D eigenvalue weighted by Crippen LogP contribution is 2.34. The fraction of sp³-hybridized carbons (Fsp3) is 0.500. The third-order valence-corrected chi connectivity index (χ3v) is 5.12. The molecule has 1 saturated carbocycles. The van der Waals surface area contributed by atoms with Crippen LogP contribution in [0.2, 0.25) is 0 Å². The Bertz CT molecular complexity index is 782. The lowest BCUT2D eigenvalue weighted by Crippen LogP contribution is -2.44. The summed E-state index contributed by atoms with van der Waals surface area (Å²) in [6, 6.07) is 5.94. The van der Waals surface area contributed by atoms with E-state index < -0.39 is 36.1 Å². The number of ether oxygens (including phenoxy) is 2. The van der Waals surface area contributed by atoms with E-state index in [0.29, 0.717) is 30.8 Å². The molecule has 8 nitrogen and oxygen atoms in total. The van der Waals surface area contributed by atoms with Gasteiger partial charge in [0.1, 0.15) is 17.8 Å². The first kappa shape index (κ1) is 19.9. The summed E-state index contributed by atoms with van der Waals surface area (Å²) in [4.78, 5) is 50.2. The van der Waals surface area contributed by atoms with Crippen molar-refractivity contribution in [2.24, 2.45) is 0 Å². The molecular formula is C20H24N2O6. The van der Waals surface area contributed by atoms with Gasteiger partial charge in [0.2, 0.25) is 5.78 Å². The molecule has 3 rings (SSSR count). The summed E-state index contributed by atoms with van der Waals surface area (Å²) in [6.45, 7) is 3.33. The number of carbonyl (C=O) groups excluding carboxylic acids is 4. The summed E-state index contributed by atoms with van der Waals surface area (Å²) in [7, 11) is 0. The Labute approximate surface area is 163 Å². The number of hydrogen-bond donors (Lipinski definition) is 1. The van der Waals surface area contributed by atoms with E-state index in [1.807, 2.05) is 6.92 Å². The number of benzene rings is 1. The molecule has 28 heavy (non-hydrogen) atoms. The fourth-order valence-corrected chi connectivity index (χ4v) is 3.67. The molecule has 1 aromatic carbocycles. The van der Waals surface area contributed by atoms with E-state index in [2.05, 4.69) is 5.32 Å². The zero-order valence-electron chi connectivity index (χ0n) is 16.0. The van der Waals surface area contributed by atoms with Gasteiger partial charge in [0.05, 0.1) is 6.61 Å². The van der Waals surface area contributed by atoms with Crippen LogP contribution in [-0.4, -0.2) is 53.4 Å². The zero-order valence-corrected chi connectivity index (χ0v) is 16.0. The highest BCUT2D eigenvalue weighted by molar-refractivity contribution is 6.09. The minimum Gasteiger partial charge on any atom is -0.494 e. The number of carbonyl (C=O) groups is 4. The lowest BCUT2D eigenvalue weighted by molar-refractivity contribution is -0.149. The zero-order chi connectivity index (χ0) is 20.3. The molecule has 1 aliphatic carbocycles. The van der Waals surface area contributed by atoms with Gasteiger partial charge in [-0.25, -0.2) is 4.79 Å². The molecule has 1 saturated heterocycles. The Morgan fingerprint density at radius 2 is 1.82 bits per heavy atom. The Morgan fingerprint density at radius 3 is 2.43 bits per heavy atom. The normalized spacial score (nSPS) is 18.9. The van der Waals surface area contributed by atoms with Gasteiger partial charge in [0, 0.05) is 5.56 Å². The Kier molecular flexibility index (Phi) is 5.67. The van der Waals surface area contributed by atoms with Crippen LogP contribution in [0.3, 0.4) is 0 Å². The predicted octanol–water partition coefficient (Wildman–Crippen LogP) is 2.06. The highest BCUT2D eigenvalue weighted by atomic mass is 16.5. The van der Waals surface area contributed by atoms with Gasteiger partial charge in [0.15, 0.2) is 6.10 Å². The van der Waals surface area contributed by atoms with Gasteiger partial charge < -0.3 is 14.8 Å². The third kappa shape index (κ3) is 3.85. The molecule has 1 N–H and O–H groups in total. The first-order valence-electron chi connectivity index (χ1n) is 9.47. The van der Waals surface area contributed by atoms with Crippen LogP contribution >= 0.6 is 0 Å². The number of rotatable bonds is 7. The van der Waals surface area contributed by atoms with Gasteiger partial charge in [-0.1, -0.05) is 12.8 Å². The fourth-order valence-electron chi connectivity index (χ4n) is 3.67. The Hall–Kier alpha value is -2.90. The number of ketones is 1. The van der Waals surface area contributed by atoms with Gasteiger partial charge >= 0.3 is 12.0 Å². The summed E-state index contributed by atoms with van der Waals surface area (Å²) in [5.74, 6) is -0.924. The minimum absolute atomic E-state index is 0.374. The lowest BCUT2D eigenvalue weighted by atomic mass is 9.98. The third-order valence-electron chi connectivity index (χ3n) is 5.12. The van der Waals surface area contributed by atoms with Crippen LogP contribution in [0.15, 0.2) is 24.3 Å². The molecule has 150 valence electrons. The quantitative estimate of drug-likeness (QED) is 0.436. The largest absolute Gasteiger partial charge is 0.494 e. The molecule has 1 aliphatic heterocycles. The summed E-state index contributed by atoms with van der Waals surface area (Å²) in [6.07, 6.45) is 1.84. The van der Waals surface area contributed by atoms with E-state index in [1.54, 1.807) is 24.3 Å². The van der Waals surface area contributed by atoms with Gasteiger partial charge in [-0.3, -0.25) is 19.3 Å². The molecule has 1 spiro atoms. The number of esters is 1. The van der Waals surface area contributed by atoms with Crippen molar-refractivity contribution in [3.8, 4) is 5.75 Å². The topological polar surface area (TPSA) is 102 Å². The van der Waals surface area contributed by atoms with Gasteiger partial charge in [-0.15, -0.1) is 0 Å². The van der Waals surface area contributed by atoms with Gasteiger partial charge in [-0.2, -0.15) is 0 Å². The molecule has 0 radical (unpaired) electrons. The summed E-state index contributed by atoms with van der Waals surface area (Å²) < 4.78 is 10.5. The van der Waals surface area contributed by atoms with Crippen molar-refractivity contribution in [2.75, 3.05) is 13.2 Å². The van der Waals surface area contributed by atoms with Gasteiger partial charge in [-0.05, 0) is 51.0 Å². The number of urea groups is 1. The maximum absolute atomic E-state index is 12.6. The number of nitrogens with zero attached hydrogens (tertiary/aromatic N) is 1. The predicted molar refractivity (Wildman–Crippen MR) is 98.9 cm³/mol. The van der Waals surface area contributed by atoms with E-state index in [-0.39, 0.29) is 5.78 Å². The molecular weight excluding hydrogens is 364 g/mol. The average Bonchev–Trinajstić information content (AvgIpc) is 3.23. The molecule has 3 amide bonds. The molecule has 1 aromatic rings. The average molecular weight is 388 g/mol. The second kappa shape index (κ2) is 8.00. The first-order valence-corrected chi connectivity index (χ1v) is 9.47. The van der Waals surface area contributed by atoms with Crippen molar-refractivity contribution in [1.29, 1.82) is 0 Å². The SMILES string of the molecule is CCOc1ccc(C(=O)[C@@H](C)OC(=O)CN2C(=O)NC3(CCCC3)C2=O)cc1. The summed E-state index contributed by atoms with van der Waals surface area (Å²) in [5.41, 5.74) is -0.496. The van der Waals surface area contributed by atoms with E-state index in [1.165, 1.54) is 6.92 Å². The number of hydrogen-bond acceptors (Lipinski definition) is 6. The van der Waals surface area contributed by atoms with Crippen LogP contribution in [-0.2, 0) is 14.3 Å². The number of nitrogens with one attached hydrogen (secondary N) is 1. The van der Waals surface area contributed by atoms with Crippen molar-refractivity contribution in [1.82, 2.24) is 10.2 Å². The molecule has 8 heteroatoms. The van der Waals surface area contributed by atoms with E-state index in [0.717, 1.165) is 17.7 Å². The maximum Gasteiger partial charge on any atom is 0.326 e. The van der Waals surface area contributed by atoms with Crippen molar-refractivity contribution < 1.29 is 28.7 Å². The number of imide groups is 1. The first-order chi connectivity index (χ1) is 13.4. The smallest absolute Gasteiger partial charge is 0.326 e. The van der Waals surface area contributed by atoms with E-state index >= 15 is 0 Å². The second-order valence-corrected chi connectivity index (χ2v) is 7.06. The van der Waals surface area contributed by atoms with Crippen molar-refractivity contribution >= 4 is 23.7 Å². The van der Waals surface area contributed by atoms with Crippen LogP contribution in [0.1, 0.15) is 49.9 Å².